The van der Waals surface area contributed by atoms with Crippen molar-refractivity contribution in [1.29, 1.82) is 0 Å². The number of halogens is 1. The summed E-state index contributed by atoms with van der Waals surface area (Å²) in [6, 6.07) is 6.21. The Kier molecular flexibility index (Phi) is 12.9. The highest BCUT2D eigenvalue weighted by Crippen LogP contribution is 2.33. The molecule has 38 heavy (non-hydrogen) atoms. The van der Waals surface area contributed by atoms with Gasteiger partial charge in [-0.05, 0) is 84.5 Å². The van der Waals surface area contributed by atoms with Crippen LogP contribution in [0.5, 0.6) is 5.75 Å². The molecule has 2 heterocycles. The van der Waals surface area contributed by atoms with Crippen LogP contribution in [0.1, 0.15) is 69.4 Å². The Hall–Kier alpha value is -2.29. The van der Waals surface area contributed by atoms with Crippen LogP contribution in [0.15, 0.2) is 18.2 Å². The average Bonchev–Trinajstić information content (AvgIpc) is 3.28. The number of piperidine rings is 1. The first kappa shape index (κ1) is 31.9. The van der Waals surface area contributed by atoms with E-state index in [-0.39, 0.29) is 42.9 Å². The number of carbonyl (C=O) groups is 2. The molecule has 1 fully saturated rings. The highest BCUT2D eigenvalue weighted by molar-refractivity contribution is 6.01. The van der Waals surface area contributed by atoms with Crippen LogP contribution < -0.4 is 10.1 Å². The minimum Gasteiger partial charge on any atom is -0.482 e. The highest BCUT2D eigenvalue weighted by atomic mass is 35.5. The molecule has 9 heteroatoms. The van der Waals surface area contributed by atoms with E-state index in [1.165, 1.54) is 0 Å². The molecular weight excluding hydrogens is 504 g/mol. The Morgan fingerprint density at radius 2 is 1.92 bits per heavy atom. The van der Waals surface area contributed by atoms with E-state index < -0.39 is 0 Å². The third-order valence-corrected chi connectivity index (χ3v) is 7.36. The predicted molar refractivity (Wildman–Crippen MR) is 156 cm³/mol. The summed E-state index contributed by atoms with van der Waals surface area (Å²) in [5.74, 6) is 0.655. The number of unbranched alkanes of at least 4 members (excludes halogenated alkanes) is 1. The molecule has 1 N–H and O–H groups in total. The lowest BCUT2D eigenvalue weighted by atomic mass is 10.0. The van der Waals surface area contributed by atoms with Crippen molar-refractivity contribution in [3.63, 3.8) is 0 Å². The van der Waals surface area contributed by atoms with Crippen molar-refractivity contribution >= 4 is 35.1 Å². The standard InChI is InChI=1S/C29H46N4O4.ClH/c1-7-31(8-2)27(34)20-37-26-14-13-22(5)24-18-25(32(28(24)26)16-9-10-17-36-6)29(35)33(21(3)4)23-12-11-15-30-19-23;/h13-14,18,21,23,30H,7-12,15-17,19-20H2,1-6H3;1H/t23-;/m1./s1. The number of nitrogens with zero attached hydrogens (tertiary/aromatic N) is 3. The van der Waals surface area contributed by atoms with Crippen LogP contribution in [0.2, 0.25) is 0 Å². The molecule has 1 aliphatic rings. The van der Waals surface area contributed by atoms with Crippen molar-refractivity contribution in [2.45, 2.75) is 78.9 Å². The molecule has 1 atom stereocenters. The largest absolute Gasteiger partial charge is 0.482 e. The molecule has 214 valence electrons. The molecule has 0 aliphatic carbocycles. The number of hydrogen-bond acceptors (Lipinski definition) is 5. The summed E-state index contributed by atoms with van der Waals surface area (Å²) in [4.78, 5) is 30.7. The topological polar surface area (TPSA) is 76.0 Å². The maximum Gasteiger partial charge on any atom is 0.271 e. The minimum absolute atomic E-state index is 0. The fourth-order valence-electron chi connectivity index (χ4n) is 5.36. The van der Waals surface area contributed by atoms with E-state index >= 15 is 0 Å². The zero-order chi connectivity index (χ0) is 26.9. The number of fused-ring (bicyclic) bond motifs is 1. The van der Waals surface area contributed by atoms with E-state index in [0.717, 1.165) is 55.2 Å². The predicted octanol–water partition coefficient (Wildman–Crippen LogP) is 4.65. The molecular formula is C29H47ClN4O4. The maximum absolute atomic E-state index is 14.2. The number of methoxy groups -OCH3 is 1. The van der Waals surface area contributed by atoms with Gasteiger partial charge in [0.05, 0.1) is 5.52 Å². The van der Waals surface area contributed by atoms with Gasteiger partial charge in [-0.1, -0.05) is 6.07 Å². The molecule has 1 saturated heterocycles. The first-order chi connectivity index (χ1) is 17.8. The lowest BCUT2D eigenvalue weighted by Gasteiger charge is -2.37. The second-order valence-electron chi connectivity index (χ2n) is 10.2. The number of rotatable bonds is 13. The van der Waals surface area contributed by atoms with Gasteiger partial charge >= 0.3 is 0 Å². The number of carbonyl (C=O) groups excluding carboxylic acids is 2. The molecule has 1 aromatic carbocycles. The Morgan fingerprint density at radius 1 is 1.18 bits per heavy atom. The van der Waals surface area contributed by atoms with Gasteiger partial charge in [0.25, 0.3) is 11.8 Å². The number of benzene rings is 1. The van der Waals surface area contributed by atoms with E-state index in [2.05, 4.69) is 30.7 Å². The fourth-order valence-corrected chi connectivity index (χ4v) is 5.36. The van der Waals surface area contributed by atoms with Crippen molar-refractivity contribution < 1.29 is 19.1 Å². The Labute approximate surface area is 234 Å². The Balaban J connectivity index is 0.00000507. The van der Waals surface area contributed by atoms with Crippen LogP contribution >= 0.6 is 12.4 Å². The Morgan fingerprint density at radius 3 is 2.53 bits per heavy atom. The lowest BCUT2D eigenvalue weighted by Crippen LogP contribution is -2.52. The van der Waals surface area contributed by atoms with Crippen LogP contribution in [0.25, 0.3) is 10.9 Å². The van der Waals surface area contributed by atoms with Gasteiger partial charge < -0.3 is 29.2 Å². The van der Waals surface area contributed by atoms with Gasteiger partial charge in [0.1, 0.15) is 11.4 Å². The monoisotopic (exact) mass is 550 g/mol. The average molecular weight is 551 g/mol. The minimum atomic E-state index is -0.0380. The molecule has 2 amide bonds. The molecule has 1 aliphatic heterocycles. The molecule has 3 rings (SSSR count). The number of nitrogens with one attached hydrogen (secondary N) is 1. The van der Waals surface area contributed by atoms with Crippen molar-refractivity contribution in [3.05, 3.63) is 29.5 Å². The first-order valence-electron chi connectivity index (χ1n) is 13.9. The summed E-state index contributed by atoms with van der Waals surface area (Å²) < 4.78 is 13.5. The molecule has 0 spiro atoms. The van der Waals surface area contributed by atoms with E-state index in [9.17, 15) is 9.59 Å². The third-order valence-electron chi connectivity index (χ3n) is 7.36. The summed E-state index contributed by atoms with van der Waals surface area (Å²) in [6.45, 7) is 14.6. The van der Waals surface area contributed by atoms with Crippen LogP contribution in [0, 0.1) is 6.92 Å². The van der Waals surface area contributed by atoms with Gasteiger partial charge in [-0.3, -0.25) is 9.59 Å². The quantitative estimate of drug-likeness (QED) is 0.367. The summed E-state index contributed by atoms with van der Waals surface area (Å²) in [5, 5.41) is 4.45. The van der Waals surface area contributed by atoms with Crippen LogP contribution in [-0.4, -0.2) is 84.8 Å². The van der Waals surface area contributed by atoms with Crippen LogP contribution in [0.3, 0.4) is 0 Å². The smallest absolute Gasteiger partial charge is 0.271 e. The summed E-state index contributed by atoms with van der Waals surface area (Å²) in [7, 11) is 1.71. The molecule has 0 radical (unpaired) electrons. The van der Waals surface area contributed by atoms with E-state index in [4.69, 9.17) is 9.47 Å². The second-order valence-corrected chi connectivity index (χ2v) is 10.2. The lowest BCUT2D eigenvalue weighted by molar-refractivity contribution is -0.132. The van der Waals surface area contributed by atoms with E-state index in [1.807, 2.05) is 36.9 Å². The number of aryl methyl sites for hydroxylation is 2. The van der Waals surface area contributed by atoms with Gasteiger partial charge in [0.2, 0.25) is 0 Å². The Bertz CT molecular complexity index is 1040. The van der Waals surface area contributed by atoms with Crippen molar-refractivity contribution in [2.75, 3.05) is 46.5 Å². The van der Waals surface area contributed by atoms with Gasteiger partial charge in [-0.15, -0.1) is 12.4 Å². The van der Waals surface area contributed by atoms with Gasteiger partial charge in [-0.25, -0.2) is 0 Å². The van der Waals surface area contributed by atoms with E-state index in [0.29, 0.717) is 37.7 Å². The molecule has 0 bridgehead atoms. The van der Waals surface area contributed by atoms with Crippen molar-refractivity contribution in [2.24, 2.45) is 0 Å². The number of ether oxygens (including phenoxy) is 2. The summed E-state index contributed by atoms with van der Waals surface area (Å²) >= 11 is 0. The molecule has 0 unspecified atom stereocenters. The zero-order valence-electron chi connectivity index (χ0n) is 24.0. The van der Waals surface area contributed by atoms with Gasteiger partial charge in [0.15, 0.2) is 6.61 Å². The maximum atomic E-state index is 14.2. The molecule has 1 aromatic heterocycles. The van der Waals surface area contributed by atoms with Gasteiger partial charge in [-0.2, -0.15) is 0 Å². The third kappa shape index (κ3) is 7.42. The van der Waals surface area contributed by atoms with Crippen LogP contribution in [0.4, 0.5) is 0 Å². The zero-order valence-corrected chi connectivity index (χ0v) is 24.9. The summed E-state index contributed by atoms with van der Waals surface area (Å²) in [6.07, 6.45) is 3.84. The normalized spacial score (nSPS) is 15.4. The van der Waals surface area contributed by atoms with Gasteiger partial charge in [0, 0.05) is 57.4 Å². The first-order valence-corrected chi connectivity index (χ1v) is 13.9. The molecule has 0 saturated carbocycles. The molecule has 8 nitrogen and oxygen atoms in total. The van der Waals surface area contributed by atoms with Crippen molar-refractivity contribution in [3.8, 4) is 5.75 Å². The second kappa shape index (κ2) is 15.3. The van der Waals surface area contributed by atoms with E-state index in [1.54, 1.807) is 12.0 Å². The number of hydrogen-bond donors (Lipinski definition) is 1. The molecule has 2 aromatic rings. The number of likely N-dealkylation sites (N-methyl/N-ethyl adjacent to an activating group) is 1. The fraction of sp³-hybridized carbons (Fsp3) is 0.655. The van der Waals surface area contributed by atoms with Crippen molar-refractivity contribution in [1.82, 2.24) is 19.7 Å². The highest BCUT2D eigenvalue weighted by Gasteiger charge is 2.31. The number of aromatic nitrogens is 1. The SMILES string of the molecule is CCN(CC)C(=O)COc1ccc(C)c2cc(C(=O)N(C(C)C)[C@@H]3CCCNC3)n(CCCCOC)c12.Cl. The van der Waals surface area contributed by atoms with Crippen LogP contribution in [-0.2, 0) is 16.1 Å². The number of amides is 2. The summed E-state index contributed by atoms with van der Waals surface area (Å²) in [5.41, 5.74) is 2.65.